The Balaban J connectivity index is 1.39. The van der Waals surface area contributed by atoms with E-state index >= 15 is 0 Å². The van der Waals surface area contributed by atoms with Crippen molar-refractivity contribution in [3.63, 3.8) is 0 Å². The smallest absolute Gasteiger partial charge is 0.230 e. The maximum atomic E-state index is 11.7. The van der Waals surface area contributed by atoms with Crippen LogP contribution in [0.25, 0.3) is 11.4 Å². The monoisotopic (exact) mass is 410 g/mol. The Morgan fingerprint density at radius 1 is 1.15 bits per heavy atom. The van der Waals surface area contributed by atoms with Gasteiger partial charge in [0.05, 0.1) is 29.7 Å². The van der Waals surface area contributed by atoms with Crippen LogP contribution in [0.2, 0.25) is 5.02 Å². The summed E-state index contributed by atoms with van der Waals surface area (Å²) in [4.78, 5) is 4.56. The molecule has 144 valence electrons. The molecule has 0 radical (unpaired) electrons. The molecule has 1 unspecified atom stereocenters. The Labute approximate surface area is 161 Å². The van der Waals surface area contributed by atoms with Gasteiger partial charge in [0.15, 0.2) is 11.5 Å². The predicted molar refractivity (Wildman–Crippen MR) is 98.0 cm³/mol. The summed E-state index contributed by atoms with van der Waals surface area (Å²) in [5, 5.41) is 4.56. The summed E-state index contributed by atoms with van der Waals surface area (Å²) in [6.07, 6.45) is 3.05. The Bertz CT molecular complexity index is 989. The van der Waals surface area contributed by atoms with Gasteiger partial charge in [-0.1, -0.05) is 16.8 Å². The molecule has 3 heterocycles. The number of nitrogens with zero attached hydrogens (tertiary/aromatic N) is 2. The van der Waals surface area contributed by atoms with Crippen LogP contribution in [0.1, 0.15) is 37.5 Å². The summed E-state index contributed by atoms with van der Waals surface area (Å²) in [5.74, 6) is 2.81. The number of ether oxygens (including phenoxy) is 2. The van der Waals surface area contributed by atoms with Gasteiger partial charge >= 0.3 is 0 Å². The minimum Gasteiger partial charge on any atom is -0.489 e. The van der Waals surface area contributed by atoms with Crippen molar-refractivity contribution in [3.05, 3.63) is 23.0 Å². The molecule has 1 saturated carbocycles. The van der Waals surface area contributed by atoms with E-state index < -0.39 is 9.84 Å². The molecule has 1 aliphatic carbocycles. The first-order valence-electron chi connectivity index (χ1n) is 9.09. The van der Waals surface area contributed by atoms with E-state index in [1.165, 1.54) is 0 Å². The number of sulfone groups is 1. The summed E-state index contributed by atoms with van der Waals surface area (Å²) in [6, 6.07) is 3.57. The Morgan fingerprint density at radius 3 is 2.74 bits per heavy atom. The van der Waals surface area contributed by atoms with Crippen LogP contribution in [0.4, 0.5) is 0 Å². The summed E-state index contributed by atoms with van der Waals surface area (Å²) in [7, 11) is -2.88. The second-order valence-corrected chi connectivity index (χ2v) is 10.3. The normalized spacial score (nSPS) is 25.1. The van der Waals surface area contributed by atoms with Crippen LogP contribution in [0.15, 0.2) is 16.7 Å². The second kappa shape index (κ2) is 6.10. The Kier molecular flexibility index (Phi) is 3.91. The van der Waals surface area contributed by atoms with Gasteiger partial charge in [0.2, 0.25) is 11.7 Å². The third-order valence-electron chi connectivity index (χ3n) is 5.81. The van der Waals surface area contributed by atoms with Crippen LogP contribution >= 0.6 is 11.6 Å². The van der Waals surface area contributed by atoms with Gasteiger partial charge in [-0.25, -0.2) is 8.42 Å². The van der Waals surface area contributed by atoms with E-state index in [0.29, 0.717) is 59.9 Å². The molecular formula is C18H19ClN2O5S. The van der Waals surface area contributed by atoms with Crippen LogP contribution in [0.3, 0.4) is 0 Å². The zero-order valence-electron chi connectivity index (χ0n) is 14.6. The summed E-state index contributed by atoms with van der Waals surface area (Å²) < 4.78 is 40.2. The highest BCUT2D eigenvalue weighted by Gasteiger charge is 2.59. The van der Waals surface area contributed by atoms with Crippen molar-refractivity contribution < 1.29 is 22.4 Å². The molecule has 2 aromatic rings. The van der Waals surface area contributed by atoms with Crippen LogP contribution in [0.5, 0.6) is 11.5 Å². The van der Waals surface area contributed by atoms with Crippen molar-refractivity contribution in [1.29, 1.82) is 0 Å². The highest BCUT2D eigenvalue weighted by molar-refractivity contribution is 7.91. The van der Waals surface area contributed by atoms with E-state index in [4.69, 9.17) is 25.6 Å². The molecule has 1 saturated heterocycles. The number of halogens is 1. The molecule has 5 rings (SSSR count). The summed E-state index contributed by atoms with van der Waals surface area (Å²) in [6.45, 7) is 1.13. The maximum absolute atomic E-state index is 11.7. The molecule has 1 aromatic heterocycles. The van der Waals surface area contributed by atoms with Gasteiger partial charge < -0.3 is 14.0 Å². The first kappa shape index (κ1) is 17.3. The fourth-order valence-corrected chi connectivity index (χ4v) is 5.95. The van der Waals surface area contributed by atoms with Crippen LogP contribution in [0, 0.1) is 5.41 Å². The molecule has 0 N–H and O–H groups in total. The molecule has 9 heteroatoms. The minimum atomic E-state index is -2.88. The first-order chi connectivity index (χ1) is 13.0. The SMILES string of the molecule is O=S1(=O)CCC2(CC1)CC2c1nc(-c2cc(Cl)c3c(c2)OCCCO3)no1. The van der Waals surface area contributed by atoms with Crippen molar-refractivity contribution in [2.45, 2.75) is 31.6 Å². The zero-order chi connectivity index (χ0) is 18.6. The number of aromatic nitrogens is 2. The second-order valence-electron chi connectivity index (χ2n) is 7.56. The van der Waals surface area contributed by atoms with Crippen molar-refractivity contribution in [1.82, 2.24) is 10.1 Å². The quantitative estimate of drug-likeness (QED) is 0.750. The standard InChI is InChI=1S/C18H19ClN2O5S/c19-13-8-11(9-14-15(13)25-5-1-4-24-14)16-20-17(26-21-16)12-10-18(12)2-6-27(22,23)7-3-18/h8-9,12H,1-7,10H2. The van der Waals surface area contributed by atoms with Gasteiger partial charge in [0.1, 0.15) is 9.84 Å². The highest BCUT2D eigenvalue weighted by Crippen LogP contribution is 2.64. The van der Waals surface area contributed by atoms with Gasteiger partial charge in [0.25, 0.3) is 0 Å². The van der Waals surface area contributed by atoms with Gasteiger partial charge in [0, 0.05) is 17.9 Å². The van der Waals surface area contributed by atoms with Gasteiger partial charge in [-0.15, -0.1) is 0 Å². The third kappa shape index (κ3) is 3.08. The maximum Gasteiger partial charge on any atom is 0.230 e. The van der Waals surface area contributed by atoms with E-state index in [2.05, 4.69) is 10.1 Å². The fourth-order valence-electron chi connectivity index (χ4n) is 4.05. The van der Waals surface area contributed by atoms with Crippen LogP contribution < -0.4 is 9.47 Å². The van der Waals surface area contributed by atoms with Crippen molar-refractivity contribution >= 4 is 21.4 Å². The van der Waals surface area contributed by atoms with Gasteiger partial charge in [-0.2, -0.15) is 4.98 Å². The lowest BCUT2D eigenvalue weighted by molar-refractivity contribution is 0.297. The molecular weight excluding hydrogens is 392 g/mol. The van der Waals surface area contributed by atoms with E-state index in [-0.39, 0.29) is 22.8 Å². The van der Waals surface area contributed by atoms with Crippen molar-refractivity contribution in [2.75, 3.05) is 24.7 Å². The highest BCUT2D eigenvalue weighted by atomic mass is 35.5. The topological polar surface area (TPSA) is 91.5 Å². The molecule has 7 nitrogen and oxygen atoms in total. The first-order valence-corrected chi connectivity index (χ1v) is 11.3. The van der Waals surface area contributed by atoms with E-state index in [0.717, 1.165) is 12.8 Å². The molecule has 2 aliphatic heterocycles. The lowest BCUT2D eigenvalue weighted by atomic mass is 9.96. The van der Waals surface area contributed by atoms with E-state index in [9.17, 15) is 8.42 Å². The molecule has 0 amide bonds. The average Bonchev–Trinajstić information content (AvgIpc) is 3.23. The number of fused-ring (bicyclic) bond motifs is 1. The fraction of sp³-hybridized carbons (Fsp3) is 0.556. The van der Waals surface area contributed by atoms with Crippen molar-refractivity contribution in [2.24, 2.45) is 5.41 Å². The van der Waals surface area contributed by atoms with Gasteiger partial charge in [-0.05, 0) is 36.8 Å². The number of hydrogen-bond donors (Lipinski definition) is 0. The van der Waals surface area contributed by atoms with Gasteiger partial charge in [-0.3, -0.25) is 0 Å². The molecule has 2 fully saturated rings. The number of benzene rings is 1. The molecule has 1 aromatic carbocycles. The molecule has 0 bridgehead atoms. The summed E-state index contributed by atoms with van der Waals surface area (Å²) >= 11 is 6.35. The Morgan fingerprint density at radius 2 is 1.93 bits per heavy atom. The van der Waals surface area contributed by atoms with E-state index in [1.807, 2.05) is 6.07 Å². The molecule has 1 atom stereocenters. The molecule has 3 aliphatic rings. The predicted octanol–water partition coefficient (Wildman–Crippen LogP) is 3.23. The third-order valence-corrected chi connectivity index (χ3v) is 7.74. The van der Waals surface area contributed by atoms with Crippen molar-refractivity contribution in [3.8, 4) is 22.9 Å². The van der Waals surface area contributed by atoms with E-state index in [1.54, 1.807) is 6.07 Å². The number of rotatable bonds is 2. The molecule has 27 heavy (non-hydrogen) atoms. The number of hydrogen-bond acceptors (Lipinski definition) is 7. The largest absolute Gasteiger partial charge is 0.489 e. The average molecular weight is 411 g/mol. The molecule has 1 spiro atoms. The minimum absolute atomic E-state index is 0.0114. The lowest BCUT2D eigenvalue weighted by Gasteiger charge is -2.21. The van der Waals surface area contributed by atoms with Crippen LogP contribution in [-0.2, 0) is 9.84 Å². The Hall–Kier alpha value is -1.80. The zero-order valence-corrected chi connectivity index (χ0v) is 16.2. The summed E-state index contributed by atoms with van der Waals surface area (Å²) in [5.41, 5.74) is 0.720. The lowest BCUT2D eigenvalue weighted by Crippen LogP contribution is -2.25. The van der Waals surface area contributed by atoms with Crippen LogP contribution in [-0.4, -0.2) is 43.3 Å².